The first-order chi connectivity index (χ1) is 12.5. The fourth-order valence-electron chi connectivity index (χ4n) is 2.38. The number of benzene rings is 2. The maximum atomic E-state index is 13.1. The van der Waals surface area contributed by atoms with Gasteiger partial charge in [0.2, 0.25) is 0 Å². The highest BCUT2D eigenvalue weighted by Crippen LogP contribution is 2.29. The summed E-state index contributed by atoms with van der Waals surface area (Å²) >= 11 is 1.20. The van der Waals surface area contributed by atoms with Crippen molar-refractivity contribution in [1.82, 2.24) is 4.98 Å². The summed E-state index contributed by atoms with van der Waals surface area (Å²) in [5.74, 6) is -1.24. The number of aryl methyl sites for hydroxylation is 1. The molecule has 26 heavy (non-hydrogen) atoms. The molecular weight excluding hydrogens is 355 g/mol. The summed E-state index contributed by atoms with van der Waals surface area (Å²) in [4.78, 5) is 29.3. The number of hydrogen-bond donors (Lipinski definition) is 1. The van der Waals surface area contributed by atoms with Crippen LogP contribution in [-0.4, -0.2) is 24.0 Å². The average molecular weight is 370 g/mol. The normalized spacial score (nSPS) is 10.4. The Labute approximate surface area is 153 Å². The third-order valence-corrected chi connectivity index (χ3v) is 4.88. The Morgan fingerprint density at radius 1 is 1.12 bits per heavy atom. The summed E-state index contributed by atoms with van der Waals surface area (Å²) in [6.07, 6.45) is 0. The zero-order valence-electron chi connectivity index (χ0n) is 14.1. The minimum Gasteiger partial charge on any atom is -0.465 e. The zero-order chi connectivity index (χ0) is 18.7. The second-order valence-electron chi connectivity index (χ2n) is 5.43. The molecule has 0 saturated carbocycles. The Kier molecular flexibility index (Phi) is 5.09. The number of thiazole rings is 1. The minimum atomic E-state index is -0.533. The molecule has 1 N–H and O–H groups in total. The van der Waals surface area contributed by atoms with Crippen LogP contribution in [0.4, 0.5) is 10.1 Å². The first-order valence-electron chi connectivity index (χ1n) is 7.71. The highest BCUT2D eigenvalue weighted by molar-refractivity contribution is 7.17. The van der Waals surface area contributed by atoms with Crippen LogP contribution in [0, 0.1) is 12.7 Å². The number of carbonyl (C=O) groups excluding carboxylic acids is 2. The van der Waals surface area contributed by atoms with Crippen LogP contribution in [-0.2, 0) is 4.74 Å². The van der Waals surface area contributed by atoms with Crippen LogP contribution < -0.4 is 5.32 Å². The lowest BCUT2D eigenvalue weighted by molar-refractivity contribution is 0.0602. The monoisotopic (exact) mass is 370 g/mol. The number of esters is 1. The zero-order valence-corrected chi connectivity index (χ0v) is 14.9. The van der Waals surface area contributed by atoms with E-state index in [2.05, 4.69) is 10.3 Å². The standard InChI is InChI=1S/C19H15FN2O3S/c1-11-16(26-18(21-11)12-7-9-13(20)10-8-12)17(23)22-15-6-4-3-5-14(15)19(24)25-2/h3-10H,1-2H3,(H,22,23). The van der Waals surface area contributed by atoms with Gasteiger partial charge in [-0.3, -0.25) is 4.79 Å². The third-order valence-electron chi connectivity index (χ3n) is 3.67. The van der Waals surface area contributed by atoms with Crippen LogP contribution in [0.1, 0.15) is 25.7 Å². The highest BCUT2D eigenvalue weighted by atomic mass is 32.1. The van der Waals surface area contributed by atoms with Gasteiger partial charge in [0.15, 0.2) is 0 Å². The van der Waals surface area contributed by atoms with E-state index < -0.39 is 5.97 Å². The lowest BCUT2D eigenvalue weighted by atomic mass is 10.1. The predicted molar refractivity (Wildman–Crippen MR) is 98.0 cm³/mol. The molecule has 0 spiro atoms. The van der Waals surface area contributed by atoms with Crippen molar-refractivity contribution in [3.63, 3.8) is 0 Å². The van der Waals surface area contributed by atoms with Crippen molar-refractivity contribution in [2.75, 3.05) is 12.4 Å². The number of nitrogens with one attached hydrogen (secondary N) is 1. The lowest BCUT2D eigenvalue weighted by Crippen LogP contribution is -2.15. The molecule has 5 nitrogen and oxygen atoms in total. The number of aromatic nitrogens is 1. The first kappa shape index (κ1) is 17.8. The van der Waals surface area contributed by atoms with Gasteiger partial charge in [-0.25, -0.2) is 14.2 Å². The Hall–Kier alpha value is -3.06. The van der Waals surface area contributed by atoms with Gasteiger partial charge >= 0.3 is 5.97 Å². The number of para-hydroxylation sites is 1. The van der Waals surface area contributed by atoms with E-state index in [9.17, 15) is 14.0 Å². The van der Waals surface area contributed by atoms with E-state index in [1.807, 2.05) is 0 Å². The van der Waals surface area contributed by atoms with Gasteiger partial charge in [-0.1, -0.05) is 12.1 Å². The van der Waals surface area contributed by atoms with Gasteiger partial charge in [-0.2, -0.15) is 0 Å². The fraction of sp³-hybridized carbons (Fsp3) is 0.105. The molecule has 3 aromatic rings. The molecule has 0 aliphatic heterocycles. The molecule has 0 bridgehead atoms. The van der Waals surface area contributed by atoms with Gasteiger partial charge in [0.05, 0.1) is 24.1 Å². The van der Waals surface area contributed by atoms with E-state index in [0.717, 1.165) is 5.56 Å². The van der Waals surface area contributed by atoms with Crippen molar-refractivity contribution in [3.8, 4) is 10.6 Å². The van der Waals surface area contributed by atoms with Gasteiger partial charge in [0, 0.05) is 5.56 Å². The maximum Gasteiger partial charge on any atom is 0.339 e. The predicted octanol–water partition coefficient (Wildman–Crippen LogP) is 4.30. The van der Waals surface area contributed by atoms with Gasteiger partial charge < -0.3 is 10.1 Å². The van der Waals surface area contributed by atoms with Gasteiger partial charge in [0.25, 0.3) is 5.91 Å². The summed E-state index contributed by atoms with van der Waals surface area (Å²) in [5.41, 5.74) is 1.92. The molecule has 1 aromatic heterocycles. The van der Waals surface area contributed by atoms with Crippen molar-refractivity contribution in [2.45, 2.75) is 6.92 Å². The second-order valence-corrected chi connectivity index (χ2v) is 6.43. The molecule has 0 aliphatic carbocycles. The number of ether oxygens (including phenoxy) is 1. The molecular formula is C19H15FN2O3S. The van der Waals surface area contributed by atoms with Gasteiger partial charge in [-0.15, -0.1) is 11.3 Å². The van der Waals surface area contributed by atoms with E-state index in [-0.39, 0.29) is 17.3 Å². The molecule has 132 valence electrons. The molecule has 3 rings (SSSR count). The second kappa shape index (κ2) is 7.45. The van der Waals surface area contributed by atoms with Crippen LogP contribution in [0.2, 0.25) is 0 Å². The third kappa shape index (κ3) is 3.62. The summed E-state index contributed by atoms with van der Waals surface area (Å²) < 4.78 is 17.8. The van der Waals surface area contributed by atoms with Crippen LogP contribution in [0.25, 0.3) is 10.6 Å². The van der Waals surface area contributed by atoms with E-state index in [4.69, 9.17) is 4.74 Å². The maximum absolute atomic E-state index is 13.1. The number of amides is 1. The van der Waals surface area contributed by atoms with Crippen molar-refractivity contribution >= 4 is 28.9 Å². The van der Waals surface area contributed by atoms with Gasteiger partial charge in [-0.05, 0) is 43.3 Å². The SMILES string of the molecule is COC(=O)c1ccccc1NC(=O)c1sc(-c2ccc(F)cc2)nc1C. The molecule has 0 aliphatic rings. The Morgan fingerprint density at radius 3 is 2.50 bits per heavy atom. The van der Waals surface area contributed by atoms with Crippen LogP contribution >= 0.6 is 11.3 Å². The van der Waals surface area contributed by atoms with Gasteiger partial charge in [0.1, 0.15) is 15.7 Å². The summed E-state index contributed by atoms with van der Waals surface area (Å²) in [6.45, 7) is 1.73. The van der Waals surface area contributed by atoms with Crippen molar-refractivity contribution in [2.24, 2.45) is 0 Å². The largest absolute Gasteiger partial charge is 0.465 e. The molecule has 0 unspecified atom stereocenters. The minimum absolute atomic E-state index is 0.268. The van der Waals surface area contributed by atoms with Crippen LogP contribution in [0.3, 0.4) is 0 Å². The molecule has 1 amide bonds. The Balaban J connectivity index is 1.88. The topological polar surface area (TPSA) is 68.3 Å². The van der Waals surface area contributed by atoms with E-state index in [1.165, 1.54) is 30.6 Å². The number of carbonyl (C=O) groups is 2. The summed E-state index contributed by atoms with van der Waals surface area (Å²) in [5, 5.41) is 3.35. The van der Waals surface area contributed by atoms with Crippen molar-refractivity contribution in [3.05, 3.63) is 70.5 Å². The highest BCUT2D eigenvalue weighted by Gasteiger charge is 2.19. The summed E-state index contributed by atoms with van der Waals surface area (Å²) in [6, 6.07) is 12.5. The number of hydrogen-bond acceptors (Lipinski definition) is 5. The van der Waals surface area contributed by atoms with E-state index in [1.54, 1.807) is 43.3 Å². The van der Waals surface area contributed by atoms with Crippen molar-refractivity contribution < 1.29 is 18.7 Å². The molecule has 0 fully saturated rings. The molecule has 2 aromatic carbocycles. The first-order valence-corrected chi connectivity index (χ1v) is 8.53. The summed E-state index contributed by atoms with van der Waals surface area (Å²) in [7, 11) is 1.28. The molecule has 0 saturated heterocycles. The molecule has 0 radical (unpaired) electrons. The van der Waals surface area contributed by atoms with Crippen LogP contribution in [0.15, 0.2) is 48.5 Å². The average Bonchev–Trinajstić information content (AvgIpc) is 3.04. The Morgan fingerprint density at radius 2 is 1.81 bits per heavy atom. The number of rotatable bonds is 4. The lowest BCUT2D eigenvalue weighted by Gasteiger charge is -2.08. The smallest absolute Gasteiger partial charge is 0.339 e. The Bertz CT molecular complexity index is 967. The molecule has 0 atom stereocenters. The number of methoxy groups -OCH3 is 1. The van der Waals surface area contributed by atoms with Crippen LogP contribution in [0.5, 0.6) is 0 Å². The number of nitrogens with zero attached hydrogens (tertiary/aromatic N) is 1. The van der Waals surface area contributed by atoms with E-state index in [0.29, 0.717) is 21.3 Å². The molecule has 7 heteroatoms. The van der Waals surface area contributed by atoms with E-state index >= 15 is 0 Å². The fourth-order valence-corrected chi connectivity index (χ4v) is 3.35. The number of anilines is 1. The number of halogens is 1. The molecule has 1 heterocycles. The quantitative estimate of drug-likeness (QED) is 0.696. The van der Waals surface area contributed by atoms with Crippen molar-refractivity contribution in [1.29, 1.82) is 0 Å².